The van der Waals surface area contributed by atoms with Crippen molar-refractivity contribution in [3.63, 3.8) is 0 Å². The van der Waals surface area contributed by atoms with Gasteiger partial charge < -0.3 is 24.8 Å². The first kappa shape index (κ1) is 27.6. The predicted molar refractivity (Wildman–Crippen MR) is 123 cm³/mol. The molecule has 0 aliphatic carbocycles. The Morgan fingerprint density at radius 1 is 0.867 bits per heavy atom. The summed E-state index contributed by atoms with van der Waals surface area (Å²) in [6.07, 6.45) is 21.0. The van der Waals surface area contributed by atoms with Crippen LogP contribution in [0, 0.1) is 0 Å². The lowest BCUT2D eigenvalue weighted by molar-refractivity contribution is -0.0938. The van der Waals surface area contributed by atoms with Crippen LogP contribution in [0.4, 0.5) is 0 Å². The number of ether oxygens (including phenoxy) is 2. The van der Waals surface area contributed by atoms with E-state index < -0.39 is 24.4 Å². The number of unbranched alkanes of at least 4 members (excludes halogenated alkanes) is 13. The Kier molecular flexibility index (Phi) is 17.7. The molecule has 0 amide bonds. The highest BCUT2D eigenvalue weighted by molar-refractivity contribution is 4.89. The summed E-state index contributed by atoms with van der Waals surface area (Å²) in [6.45, 7) is 2.59. The van der Waals surface area contributed by atoms with Gasteiger partial charge in [0.25, 0.3) is 0 Å². The van der Waals surface area contributed by atoms with E-state index in [9.17, 15) is 10.2 Å². The zero-order chi connectivity index (χ0) is 21.9. The first-order valence-electron chi connectivity index (χ1n) is 12.6. The molecule has 1 rings (SSSR count). The number of rotatable bonds is 20. The molecular formula is C25H48O5. The maximum atomic E-state index is 9.90. The van der Waals surface area contributed by atoms with Crippen LogP contribution in [0.25, 0.3) is 0 Å². The lowest BCUT2D eigenvalue weighted by Gasteiger charge is -2.23. The van der Waals surface area contributed by atoms with Crippen LogP contribution in [0.1, 0.15) is 103 Å². The second kappa shape index (κ2) is 19.2. The fraction of sp³-hybridized carbons (Fsp3) is 0.920. The van der Waals surface area contributed by atoms with Crippen molar-refractivity contribution in [1.82, 2.24) is 0 Å². The van der Waals surface area contributed by atoms with Gasteiger partial charge in [-0.15, -0.1) is 0 Å². The van der Waals surface area contributed by atoms with E-state index in [2.05, 4.69) is 19.1 Å². The third-order valence-corrected chi connectivity index (χ3v) is 5.95. The van der Waals surface area contributed by atoms with E-state index in [0.29, 0.717) is 6.61 Å². The van der Waals surface area contributed by atoms with Crippen LogP contribution in [0.2, 0.25) is 0 Å². The lowest BCUT2D eigenvalue weighted by atomic mass is 10.1. The van der Waals surface area contributed by atoms with Crippen molar-refractivity contribution in [2.24, 2.45) is 0 Å². The summed E-state index contributed by atoms with van der Waals surface area (Å²) in [4.78, 5) is 0. The maximum Gasteiger partial charge on any atom is 0.114 e. The average Bonchev–Trinajstić information content (AvgIpc) is 3.12. The molecule has 1 aliphatic rings. The van der Waals surface area contributed by atoms with Crippen LogP contribution in [0.3, 0.4) is 0 Å². The summed E-state index contributed by atoms with van der Waals surface area (Å²) < 4.78 is 11.0. The van der Waals surface area contributed by atoms with Crippen molar-refractivity contribution in [3.8, 4) is 0 Å². The Bertz CT molecular complexity index is 401. The number of hydrogen-bond donors (Lipinski definition) is 3. The van der Waals surface area contributed by atoms with E-state index in [4.69, 9.17) is 14.6 Å². The van der Waals surface area contributed by atoms with Gasteiger partial charge in [-0.1, -0.05) is 83.3 Å². The summed E-state index contributed by atoms with van der Waals surface area (Å²) in [5, 5.41) is 28.7. The fourth-order valence-electron chi connectivity index (χ4n) is 4.00. The van der Waals surface area contributed by atoms with E-state index in [1.54, 1.807) is 0 Å². The van der Waals surface area contributed by atoms with Crippen molar-refractivity contribution in [2.45, 2.75) is 128 Å². The lowest BCUT2D eigenvalue weighted by Crippen LogP contribution is -2.42. The Hall–Kier alpha value is -0.460. The van der Waals surface area contributed by atoms with Crippen LogP contribution in [0.15, 0.2) is 12.2 Å². The molecule has 5 nitrogen and oxygen atoms in total. The minimum atomic E-state index is -1.00. The molecule has 0 aromatic carbocycles. The van der Waals surface area contributed by atoms with Gasteiger partial charge in [-0.2, -0.15) is 0 Å². The van der Waals surface area contributed by atoms with Crippen molar-refractivity contribution >= 4 is 0 Å². The smallest absolute Gasteiger partial charge is 0.114 e. The third kappa shape index (κ3) is 13.1. The first-order valence-corrected chi connectivity index (χ1v) is 12.6. The molecule has 30 heavy (non-hydrogen) atoms. The quantitative estimate of drug-likeness (QED) is 0.190. The molecule has 1 aliphatic heterocycles. The molecule has 178 valence electrons. The summed E-state index contributed by atoms with van der Waals surface area (Å²) in [6, 6.07) is 0. The third-order valence-electron chi connectivity index (χ3n) is 5.95. The maximum absolute atomic E-state index is 9.90. The normalized spacial score (nSPS) is 22.9. The molecule has 5 heteroatoms. The number of hydrogen-bond acceptors (Lipinski definition) is 5. The molecular weight excluding hydrogens is 380 g/mol. The van der Waals surface area contributed by atoms with E-state index in [-0.39, 0.29) is 13.2 Å². The summed E-state index contributed by atoms with van der Waals surface area (Å²) in [5.74, 6) is 0. The molecule has 1 saturated heterocycles. The van der Waals surface area contributed by atoms with Crippen molar-refractivity contribution in [3.05, 3.63) is 12.2 Å². The van der Waals surface area contributed by atoms with E-state index >= 15 is 0 Å². The average molecular weight is 429 g/mol. The Morgan fingerprint density at radius 2 is 1.40 bits per heavy atom. The zero-order valence-electron chi connectivity index (χ0n) is 19.4. The molecule has 0 bridgehead atoms. The van der Waals surface area contributed by atoms with Crippen LogP contribution in [0.5, 0.6) is 0 Å². The second-order valence-corrected chi connectivity index (χ2v) is 8.74. The minimum Gasteiger partial charge on any atom is -0.394 e. The number of aliphatic hydroxyl groups excluding tert-OH is 3. The van der Waals surface area contributed by atoms with Crippen LogP contribution in [-0.4, -0.2) is 59.6 Å². The molecule has 0 saturated carbocycles. The van der Waals surface area contributed by atoms with Crippen molar-refractivity contribution in [2.75, 3.05) is 19.8 Å². The van der Waals surface area contributed by atoms with Crippen LogP contribution < -0.4 is 0 Å². The highest BCUT2D eigenvalue weighted by Gasteiger charge is 2.40. The molecule has 3 N–H and O–H groups in total. The topological polar surface area (TPSA) is 79.2 Å². The SMILES string of the molecule is CCCCCCCC/C=C/CCCCCCCCCO[C@@H]1[C@H]([C@H](O)CO)OC[C@@H]1O. The monoisotopic (exact) mass is 428 g/mol. The van der Waals surface area contributed by atoms with E-state index in [1.807, 2.05) is 0 Å². The van der Waals surface area contributed by atoms with Gasteiger partial charge in [0.1, 0.15) is 24.4 Å². The Balaban J connectivity index is 1.85. The molecule has 0 radical (unpaired) electrons. The highest BCUT2D eigenvalue weighted by Crippen LogP contribution is 2.21. The molecule has 0 aromatic heterocycles. The van der Waals surface area contributed by atoms with Gasteiger partial charge in [-0.3, -0.25) is 0 Å². The molecule has 0 unspecified atom stereocenters. The predicted octanol–water partition coefficient (Wildman–Crippen LogP) is 4.91. The number of aliphatic hydroxyl groups is 3. The minimum absolute atomic E-state index is 0.153. The number of allylic oxidation sites excluding steroid dienone is 2. The van der Waals surface area contributed by atoms with E-state index in [1.165, 1.54) is 83.5 Å². The molecule has 4 atom stereocenters. The highest BCUT2D eigenvalue weighted by atomic mass is 16.6. The Labute approximate surface area is 184 Å². The van der Waals surface area contributed by atoms with Crippen molar-refractivity contribution in [1.29, 1.82) is 0 Å². The van der Waals surface area contributed by atoms with Crippen molar-refractivity contribution < 1.29 is 24.8 Å². The molecule has 1 heterocycles. The standard InChI is InChI=1S/C25H48O5/c1-2-3-4-5-6-7-8-9-10-11-12-13-14-15-16-17-18-19-29-25-23(28)21-30-24(25)22(27)20-26/h9-10,22-28H,2-8,11-21H2,1H3/b10-9+/t22-,23+,24+,25+/m1/s1. The van der Waals surface area contributed by atoms with Crippen LogP contribution in [-0.2, 0) is 9.47 Å². The van der Waals surface area contributed by atoms with Crippen LogP contribution >= 0.6 is 0 Å². The van der Waals surface area contributed by atoms with Gasteiger partial charge in [0.2, 0.25) is 0 Å². The summed E-state index contributed by atoms with van der Waals surface area (Å²) in [5.41, 5.74) is 0. The molecule has 0 aromatic rings. The van der Waals surface area contributed by atoms with Gasteiger partial charge in [0, 0.05) is 6.61 Å². The second-order valence-electron chi connectivity index (χ2n) is 8.74. The van der Waals surface area contributed by atoms with Gasteiger partial charge in [-0.25, -0.2) is 0 Å². The first-order chi connectivity index (χ1) is 14.7. The molecule has 1 fully saturated rings. The summed E-state index contributed by atoms with van der Waals surface area (Å²) in [7, 11) is 0. The van der Waals surface area contributed by atoms with Gasteiger partial charge in [0.05, 0.1) is 13.2 Å². The largest absolute Gasteiger partial charge is 0.394 e. The van der Waals surface area contributed by atoms with Gasteiger partial charge in [0.15, 0.2) is 0 Å². The molecule has 0 spiro atoms. The van der Waals surface area contributed by atoms with E-state index in [0.717, 1.165) is 12.8 Å². The zero-order valence-corrected chi connectivity index (χ0v) is 19.4. The van der Waals surface area contributed by atoms with Gasteiger partial charge >= 0.3 is 0 Å². The van der Waals surface area contributed by atoms with Gasteiger partial charge in [-0.05, 0) is 32.1 Å². The fourth-order valence-corrected chi connectivity index (χ4v) is 4.00. The Morgan fingerprint density at radius 3 is 1.97 bits per heavy atom. The summed E-state index contributed by atoms with van der Waals surface area (Å²) >= 11 is 0.